The third-order valence-electron chi connectivity index (χ3n) is 7.23. The van der Waals surface area contributed by atoms with Crippen molar-refractivity contribution in [1.82, 2.24) is 5.32 Å². The van der Waals surface area contributed by atoms with Crippen LogP contribution in [0, 0.1) is 11.3 Å². The zero-order valence-corrected chi connectivity index (χ0v) is 18.9. The third-order valence-corrected chi connectivity index (χ3v) is 7.23. The van der Waals surface area contributed by atoms with E-state index in [0.717, 1.165) is 47.5 Å². The van der Waals surface area contributed by atoms with Crippen molar-refractivity contribution in [3.8, 4) is 11.5 Å². The third kappa shape index (κ3) is 3.99. The highest BCUT2D eigenvalue weighted by Crippen LogP contribution is 2.52. The molecule has 2 aromatic carbocycles. The maximum absolute atomic E-state index is 12.7. The number of fused-ring (bicyclic) bond motifs is 2. The van der Waals surface area contributed by atoms with Gasteiger partial charge in [-0.25, -0.2) is 0 Å². The van der Waals surface area contributed by atoms with Crippen LogP contribution < -0.4 is 14.8 Å². The van der Waals surface area contributed by atoms with Crippen LogP contribution in [0.3, 0.4) is 0 Å². The fourth-order valence-corrected chi connectivity index (χ4v) is 5.45. The molecule has 1 saturated heterocycles. The van der Waals surface area contributed by atoms with Crippen molar-refractivity contribution in [2.75, 3.05) is 20.3 Å². The number of hydrogen-bond acceptors (Lipinski definition) is 5. The molecule has 1 amide bonds. The number of allylic oxidation sites excluding steroid dienone is 1. The van der Waals surface area contributed by atoms with Crippen molar-refractivity contribution in [2.24, 2.45) is 11.3 Å². The Morgan fingerprint density at radius 2 is 2.06 bits per heavy atom. The van der Waals surface area contributed by atoms with Crippen LogP contribution in [0.15, 0.2) is 54.6 Å². The summed E-state index contributed by atoms with van der Waals surface area (Å²) in [7, 11) is 1.63. The molecule has 0 bridgehead atoms. The minimum absolute atomic E-state index is 0.100. The van der Waals surface area contributed by atoms with Crippen molar-refractivity contribution in [2.45, 2.75) is 38.2 Å². The van der Waals surface area contributed by atoms with Crippen molar-refractivity contribution in [1.29, 1.82) is 0 Å². The number of carbonyl (C=O) groups excluding carboxylic acids is 2. The van der Waals surface area contributed by atoms with Gasteiger partial charge in [-0.2, -0.15) is 0 Å². The normalized spacial score (nSPS) is 25.6. The molecular weight excluding hydrogens is 418 g/mol. The Hall–Kier alpha value is -3.28. The summed E-state index contributed by atoms with van der Waals surface area (Å²) in [6, 6.07) is 13.4. The van der Waals surface area contributed by atoms with Crippen LogP contribution in [0.1, 0.15) is 40.7 Å². The molecule has 3 atom stereocenters. The molecule has 6 nitrogen and oxygen atoms in total. The summed E-state index contributed by atoms with van der Waals surface area (Å²) < 4.78 is 16.9. The fourth-order valence-electron chi connectivity index (χ4n) is 5.45. The number of nitrogens with one attached hydrogen (secondary N) is 1. The molecule has 2 aromatic rings. The Balaban J connectivity index is 1.19. The van der Waals surface area contributed by atoms with E-state index in [2.05, 4.69) is 11.9 Å². The number of amides is 1. The van der Waals surface area contributed by atoms with E-state index >= 15 is 0 Å². The van der Waals surface area contributed by atoms with Crippen LogP contribution in [-0.4, -0.2) is 38.2 Å². The van der Waals surface area contributed by atoms with E-state index in [-0.39, 0.29) is 23.9 Å². The maximum Gasteiger partial charge on any atom is 0.313 e. The zero-order chi connectivity index (χ0) is 23.0. The van der Waals surface area contributed by atoms with E-state index in [1.807, 2.05) is 42.5 Å². The van der Waals surface area contributed by atoms with Crippen LogP contribution >= 0.6 is 0 Å². The number of ether oxygens (including phenoxy) is 3. The van der Waals surface area contributed by atoms with Gasteiger partial charge in [0.1, 0.15) is 6.10 Å². The first-order valence-electron chi connectivity index (χ1n) is 11.5. The van der Waals surface area contributed by atoms with E-state index in [4.69, 9.17) is 14.2 Å². The van der Waals surface area contributed by atoms with Crippen molar-refractivity contribution in [3.63, 3.8) is 0 Å². The summed E-state index contributed by atoms with van der Waals surface area (Å²) in [6.07, 6.45) is 3.79. The Bertz CT molecular complexity index is 1080. The zero-order valence-electron chi connectivity index (χ0n) is 18.9. The minimum Gasteiger partial charge on any atom is -0.493 e. The molecule has 2 fully saturated rings. The lowest BCUT2D eigenvalue weighted by molar-refractivity contribution is -0.146. The molecule has 0 aromatic heterocycles. The molecule has 6 heteroatoms. The molecule has 1 N–H and O–H groups in total. The summed E-state index contributed by atoms with van der Waals surface area (Å²) in [5.74, 6) is 1.45. The Labute approximate surface area is 193 Å². The summed E-state index contributed by atoms with van der Waals surface area (Å²) in [6.45, 7) is 5.01. The van der Waals surface area contributed by atoms with Gasteiger partial charge in [0.25, 0.3) is 5.91 Å². The number of benzene rings is 2. The van der Waals surface area contributed by atoms with Gasteiger partial charge < -0.3 is 19.5 Å². The largest absolute Gasteiger partial charge is 0.493 e. The summed E-state index contributed by atoms with van der Waals surface area (Å²) >= 11 is 0. The second kappa shape index (κ2) is 8.58. The minimum atomic E-state index is -0.490. The number of cyclic esters (lactones) is 1. The lowest BCUT2D eigenvalue weighted by atomic mass is 9.75. The van der Waals surface area contributed by atoms with Gasteiger partial charge in [0, 0.05) is 11.5 Å². The number of para-hydroxylation sites is 1. The monoisotopic (exact) mass is 447 g/mol. The van der Waals surface area contributed by atoms with Gasteiger partial charge >= 0.3 is 5.97 Å². The topological polar surface area (TPSA) is 73.9 Å². The van der Waals surface area contributed by atoms with Crippen molar-refractivity contribution in [3.05, 3.63) is 71.3 Å². The highest BCUT2D eigenvalue weighted by Gasteiger charge is 2.55. The first kappa shape index (κ1) is 21.6. The molecule has 5 rings (SSSR count). The lowest BCUT2D eigenvalue weighted by Crippen LogP contribution is -2.37. The van der Waals surface area contributed by atoms with Crippen LogP contribution in [0.25, 0.3) is 0 Å². The first-order chi connectivity index (χ1) is 16.0. The van der Waals surface area contributed by atoms with Crippen LogP contribution in [0.2, 0.25) is 0 Å². The standard InChI is InChI=1S/C27H29NO5/c1-17-12-21-16-32-26(30)27(21,13-17)14-18-6-8-20(9-7-18)25(29)28-15-22-11-10-19-4-3-5-23(31-2)24(19)33-22/h3-9,21-22H,1,10-16H2,2H3,(H,28,29). The summed E-state index contributed by atoms with van der Waals surface area (Å²) in [5.41, 5.74) is 3.39. The van der Waals surface area contributed by atoms with Gasteiger partial charge in [-0.3, -0.25) is 9.59 Å². The summed E-state index contributed by atoms with van der Waals surface area (Å²) in [5, 5.41) is 2.99. The van der Waals surface area contributed by atoms with Gasteiger partial charge in [0.2, 0.25) is 0 Å². The highest BCUT2D eigenvalue weighted by molar-refractivity contribution is 5.94. The SMILES string of the molecule is C=C1CC2COC(=O)C2(Cc2ccc(C(=O)NCC3CCc4cccc(OC)c4O3)cc2)C1. The number of esters is 1. The van der Waals surface area contributed by atoms with Crippen LogP contribution in [0.5, 0.6) is 11.5 Å². The quantitative estimate of drug-likeness (QED) is 0.538. The van der Waals surface area contributed by atoms with Gasteiger partial charge in [0.05, 0.1) is 25.7 Å². The van der Waals surface area contributed by atoms with Gasteiger partial charge in [-0.1, -0.05) is 36.4 Å². The molecule has 3 aliphatic rings. The number of rotatable bonds is 6. The molecule has 0 radical (unpaired) electrons. The molecule has 33 heavy (non-hydrogen) atoms. The van der Waals surface area contributed by atoms with Gasteiger partial charge in [-0.15, -0.1) is 0 Å². The lowest BCUT2D eigenvalue weighted by Gasteiger charge is -2.27. The molecule has 2 heterocycles. The van der Waals surface area contributed by atoms with Crippen LogP contribution in [0.4, 0.5) is 0 Å². The highest BCUT2D eigenvalue weighted by atomic mass is 16.5. The maximum atomic E-state index is 12.7. The molecule has 1 aliphatic carbocycles. The predicted molar refractivity (Wildman–Crippen MR) is 123 cm³/mol. The Morgan fingerprint density at radius 1 is 1.24 bits per heavy atom. The summed E-state index contributed by atoms with van der Waals surface area (Å²) in [4.78, 5) is 25.2. The van der Waals surface area contributed by atoms with Crippen molar-refractivity contribution >= 4 is 11.9 Å². The first-order valence-corrected chi connectivity index (χ1v) is 11.5. The molecule has 0 spiro atoms. The second-order valence-electron chi connectivity index (χ2n) is 9.39. The van der Waals surface area contributed by atoms with Crippen molar-refractivity contribution < 1.29 is 23.8 Å². The smallest absolute Gasteiger partial charge is 0.313 e. The average molecular weight is 448 g/mol. The van der Waals surface area contributed by atoms with Crippen LogP contribution in [-0.2, 0) is 22.4 Å². The number of hydrogen-bond donors (Lipinski definition) is 1. The van der Waals surface area contributed by atoms with Gasteiger partial charge in [0.15, 0.2) is 11.5 Å². The predicted octanol–water partition coefficient (Wildman–Crippen LogP) is 3.87. The molecule has 172 valence electrons. The van der Waals surface area contributed by atoms with E-state index in [9.17, 15) is 9.59 Å². The van der Waals surface area contributed by atoms with E-state index in [0.29, 0.717) is 31.6 Å². The Morgan fingerprint density at radius 3 is 2.85 bits per heavy atom. The average Bonchev–Trinajstić information content (AvgIpc) is 3.30. The van der Waals surface area contributed by atoms with E-state index in [1.165, 1.54) is 0 Å². The molecule has 3 unspecified atom stereocenters. The number of methoxy groups -OCH3 is 1. The second-order valence-corrected chi connectivity index (χ2v) is 9.39. The van der Waals surface area contributed by atoms with Gasteiger partial charge in [-0.05, 0) is 61.4 Å². The molecular formula is C27H29NO5. The van der Waals surface area contributed by atoms with E-state index < -0.39 is 5.41 Å². The number of aryl methyl sites for hydroxylation is 1. The molecule has 1 saturated carbocycles. The van der Waals surface area contributed by atoms with E-state index in [1.54, 1.807) is 7.11 Å². The number of carbonyl (C=O) groups is 2. The molecule has 2 aliphatic heterocycles. The fraction of sp³-hybridized carbons (Fsp3) is 0.407. The Kier molecular flexibility index (Phi) is 5.60.